The number of unbranched alkanes of at least 4 members (excludes halogenated alkanes) is 2. The predicted octanol–water partition coefficient (Wildman–Crippen LogP) is 4.32. The Labute approximate surface area is 246 Å². The van der Waals surface area contributed by atoms with Gasteiger partial charge in [0.2, 0.25) is 5.91 Å². The molecule has 0 saturated carbocycles. The van der Waals surface area contributed by atoms with Crippen LogP contribution in [0, 0.1) is 6.92 Å². The summed E-state index contributed by atoms with van der Waals surface area (Å²) in [7, 11) is 5.19. The molecule has 0 aliphatic carbocycles. The van der Waals surface area contributed by atoms with E-state index in [9.17, 15) is 14.4 Å². The molecular weight excluding hydrogens is 536 g/mol. The van der Waals surface area contributed by atoms with Crippen molar-refractivity contribution in [3.05, 3.63) is 70.2 Å². The average Bonchev–Trinajstić information content (AvgIpc) is 3.62. The molecule has 0 spiro atoms. The monoisotopic (exact) mass is 576 g/mol. The summed E-state index contributed by atoms with van der Waals surface area (Å²) in [6.07, 6.45) is 3.05. The van der Waals surface area contributed by atoms with Gasteiger partial charge in [0.15, 0.2) is 0 Å². The van der Waals surface area contributed by atoms with Gasteiger partial charge in [-0.3, -0.25) is 19.4 Å². The fourth-order valence-corrected chi connectivity index (χ4v) is 5.62. The molecule has 2 aromatic carbocycles. The van der Waals surface area contributed by atoms with Crippen LogP contribution in [0.5, 0.6) is 0 Å². The van der Waals surface area contributed by atoms with Gasteiger partial charge in [-0.2, -0.15) is 0 Å². The number of benzene rings is 2. The number of nitrogens with one attached hydrogen (secondary N) is 1. The zero-order valence-corrected chi connectivity index (χ0v) is 25.5. The van der Waals surface area contributed by atoms with E-state index in [1.807, 2.05) is 47.2 Å². The van der Waals surface area contributed by atoms with Gasteiger partial charge in [-0.05, 0) is 36.1 Å². The van der Waals surface area contributed by atoms with Crippen LogP contribution in [0.2, 0.25) is 0 Å². The van der Waals surface area contributed by atoms with Gasteiger partial charge >= 0.3 is 0 Å². The molecule has 3 amide bonds. The number of nitrogens with zero attached hydrogens (tertiary/aromatic N) is 5. The molecule has 1 N–H and O–H groups in total. The fourth-order valence-electron chi connectivity index (χ4n) is 4.83. The molecule has 0 atom stereocenters. The van der Waals surface area contributed by atoms with Crippen molar-refractivity contribution in [3.8, 4) is 10.6 Å². The van der Waals surface area contributed by atoms with E-state index in [0.29, 0.717) is 30.3 Å². The molecule has 1 aliphatic rings. The van der Waals surface area contributed by atoms with Crippen LogP contribution in [0.15, 0.2) is 47.8 Å². The molecule has 0 unspecified atom stereocenters. The second-order valence-electron chi connectivity index (χ2n) is 10.7. The topological polar surface area (TPSA) is 89.1 Å². The van der Waals surface area contributed by atoms with E-state index in [2.05, 4.69) is 29.4 Å². The number of amides is 3. The Morgan fingerprint density at radius 2 is 1.71 bits per heavy atom. The first-order valence-corrected chi connectivity index (χ1v) is 14.9. The van der Waals surface area contributed by atoms with E-state index in [4.69, 9.17) is 0 Å². The number of rotatable bonds is 12. The molecule has 4 rings (SSSR count). The lowest BCUT2D eigenvalue weighted by atomic mass is 10.1. The Bertz CT molecular complexity index is 1360. The highest BCUT2D eigenvalue weighted by Crippen LogP contribution is 2.31. The maximum absolute atomic E-state index is 13.6. The number of fused-ring (bicyclic) bond motifs is 1. The van der Waals surface area contributed by atoms with Gasteiger partial charge in [0.25, 0.3) is 11.8 Å². The van der Waals surface area contributed by atoms with Gasteiger partial charge in [-0.15, -0.1) is 11.3 Å². The van der Waals surface area contributed by atoms with Crippen LogP contribution < -0.4 is 10.2 Å². The molecular formula is C31H40N6O3S. The summed E-state index contributed by atoms with van der Waals surface area (Å²) in [5.74, 6) is -0.378. The minimum atomic E-state index is -0.154. The molecule has 1 aliphatic heterocycles. The molecule has 0 bridgehead atoms. The first kappa shape index (κ1) is 30.2. The summed E-state index contributed by atoms with van der Waals surface area (Å²) in [6.45, 7) is 6.14. The summed E-state index contributed by atoms with van der Waals surface area (Å²) >= 11 is 1.40. The van der Waals surface area contributed by atoms with E-state index in [1.54, 1.807) is 31.5 Å². The first-order valence-electron chi connectivity index (χ1n) is 14.1. The van der Waals surface area contributed by atoms with Gasteiger partial charge in [0, 0.05) is 57.4 Å². The molecule has 0 saturated heterocycles. The lowest BCUT2D eigenvalue weighted by Crippen LogP contribution is -2.48. The van der Waals surface area contributed by atoms with Gasteiger partial charge in [-0.25, -0.2) is 9.99 Å². The van der Waals surface area contributed by atoms with Crippen molar-refractivity contribution in [2.75, 3.05) is 45.7 Å². The van der Waals surface area contributed by atoms with Crippen LogP contribution in [-0.4, -0.2) is 78.4 Å². The smallest absolute Gasteiger partial charge is 0.272 e. The summed E-state index contributed by atoms with van der Waals surface area (Å²) in [6, 6.07) is 14.1. The highest BCUT2D eigenvalue weighted by molar-refractivity contribution is 7.13. The Morgan fingerprint density at radius 3 is 2.37 bits per heavy atom. The second kappa shape index (κ2) is 13.7. The van der Waals surface area contributed by atoms with Crippen molar-refractivity contribution in [3.63, 3.8) is 0 Å². The Kier molecular flexibility index (Phi) is 10.1. The van der Waals surface area contributed by atoms with Crippen molar-refractivity contribution in [1.29, 1.82) is 0 Å². The lowest BCUT2D eigenvalue weighted by molar-refractivity contribution is -0.145. The summed E-state index contributed by atoms with van der Waals surface area (Å²) in [4.78, 5) is 46.9. The number of anilines is 1. The third-order valence-corrected chi connectivity index (χ3v) is 8.19. The SMILES string of the molecule is CCCCCNC(=O)CN(CC(=O)N(C)N1Cc2ccccc2C1)c1cc(-c2nc(C(=O)N(C)C)cs2)ccc1C. The van der Waals surface area contributed by atoms with E-state index >= 15 is 0 Å². The van der Waals surface area contributed by atoms with E-state index < -0.39 is 0 Å². The molecule has 3 aromatic rings. The minimum absolute atomic E-state index is 0.0399. The first-order chi connectivity index (χ1) is 19.7. The van der Waals surface area contributed by atoms with Gasteiger partial charge in [-0.1, -0.05) is 56.2 Å². The lowest BCUT2D eigenvalue weighted by Gasteiger charge is -2.32. The highest BCUT2D eigenvalue weighted by atomic mass is 32.1. The second-order valence-corrected chi connectivity index (χ2v) is 11.5. The highest BCUT2D eigenvalue weighted by Gasteiger charge is 2.27. The van der Waals surface area contributed by atoms with Crippen molar-refractivity contribution in [2.45, 2.75) is 46.2 Å². The predicted molar refractivity (Wildman–Crippen MR) is 164 cm³/mol. The zero-order valence-electron chi connectivity index (χ0n) is 24.6. The third kappa shape index (κ3) is 7.51. The van der Waals surface area contributed by atoms with E-state index in [-0.39, 0.29) is 30.8 Å². The normalized spacial score (nSPS) is 12.6. The number of hydrazine groups is 1. The van der Waals surface area contributed by atoms with Crippen LogP contribution in [0.1, 0.15) is 53.4 Å². The van der Waals surface area contributed by atoms with Crippen LogP contribution in [-0.2, 0) is 22.7 Å². The molecule has 2 heterocycles. The van der Waals surface area contributed by atoms with E-state index in [0.717, 1.165) is 36.1 Å². The third-order valence-electron chi connectivity index (χ3n) is 7.30. The standard InChI is InChI=1S/C31H40N6O3S/c1-6-7-10-15-32-28(38)19-36(20-29(39)35(5)37-17-24-11-8-9-12-25(24)18-37)27-16-23(14-13-22(27)2)30-33-26(21-41-30)31(40)34(3)4/h8-9,11-14,16,21H,6-7,10,15,17-20H2,1-5H3,(H,32,38). The zero-order chi connectivity index (χ0) is 29.5. The van der Waals surface area contributed by atoms with Crippen molar-refractivity contribution < 1.29 is 14.4 Å². The number of aryl methyl sites for hydroxylation is 1. The van der Waals surface area contributed by atoms with Crippen LogP contribution in [0.25, 0.3) is 10.6 Å². The Hall–Kier alpha value is -3.76. The number of carbonyl (C=O) groups excluding carboxylic acids is 3. The Balaban J connectivity index is 1.56. The summed E-state index contributed by atoms with van der Waals surface area (Å²) < 4.78 is 0. The molecule has 9 nitrogen and oxygen atoms in total. The summed E-state index contributed by atoms with van der Waals surface area (Å²) in [5.41, 5.74) is 5.39. The van der Waals surface area contributed by atoms with Gasteiger partial charge < -0.3 is 15.1 Å². The number of aromatic nitrogens is 1. The van der Waals surface area contributed by atoms with Crippen LogP contribution in [0.4, 0.5) is 5.69 Å². The van der Waals surface area contributed by atoms with Crippen LogP contribution >= 0.6 is 11.3 Å². The number of hydrogen-bond acceptors (Lipinski definition) is 7. The molecule has 0 radical (unpaired) electrons. The van der Waals surface area contributed by atoms with Crippen molar-refractivity contribution in [2.24, 2.45) is 0 Å². The molecule has 10 heteroatoms. The number of thiazole rings is 1. The van der Waals surface area contributed by atoms with Crippen LogP contribution in [0.3, 0.4) is 0 Å². The van der Waals surface area contributed by atoms with Crippen molar-refractivity contribution in [1.82, 2.24) is 25.2 Å². The number of carbonyl (C=O) groups is 3. The largest absolute Gasteiger partial charge is 0.355 e. The van der Waals surface area contributed by atoms with Crippen molar-refractivity contribution >= 4 is 34.7 Å². The molecule has 1 aromatic heterocycles. The maximum Gasteiger partial charge on any atom is 0.272 e. The number of likely N-dealkylation sites (N-methyl/N-ethyl adjacent to an activating group) is 1. The summed E-state index contributed by atoms with van der Waals surface area (Å²) in [5, 5.41) is 9.17. The van der Waals surface area contributed by atoms with E-state index in [1.165, 1.54) is 27.4 Å². The Morgan fingerprint density at radius 1 is 1.00 bits per heavy atom. The molecule has 218 valence electrons. The minimum Gasteiger partial charge on any atom is -0.355 e. The average molecular weight is 577 g/mol. The quantitative estimate of drug-likeness (QED) is 0.323. The molecule has 41 heavy (non-hydrogen) atoms. The fraction of sp³-hybridized carbons (Fsp3) is 0.419. The van der Waals surface area contributed by atoms with Gasteiger partial charge in [0.05, 0.1) is 13.1 Å². The molecule has 0 fully saturated rings. The number of hydrogen-bond donors (Lipinski definition) is 1. The van der Waals surface area contributed by atoms with Gasteiger partial charge in [0.1, 0.15) is 10.7 Å². The maximum atomic E-state index is 13.6.